The predicted molar refractivity (Wildman–Crippen MR) is 155 cm³/mol. The molecule has 1 fully saturated rings. The van der Waals surface area contributed by atoms with E-state index in [1.807, 2.05) is 30.3 Å². The van der Waals surface area contributed by atoms with Crippen LogP contribution in [-0.2, 0) is 16.4 Å². The molecule has 0 aromatic heterocycles. The summed E-state index contributed by atoms with van der Waals surface area (Å²) in [4.78, 5) is 17.6. The zero-order valence-corrected chi connectivity index (χ0v) is 23.9. The summed E-state index contributed by atoms with van der Waals surface area (Å²) < 4.78 is 31.8. The van der Waals surface area contributed by atoms with E-state index >= 15 is 0 Å². The minimum atomic E-state index is -3.90. The van der Waals surface area contributed by atoms with Gasteiger partial charge in [0.2, 0.25) is 10.0 Å². The van der Waals surface area contributed by atoms with E-state index in [9.17, 15) is 13.2 Å². The topological polar surface area (TPSA) is 81.8 Å². The molecule has 200 valence electrons. The van der Waals surface area contributed by atoms with E-state index in [1.165, 1.54) is 5.56 Å². The number of halogens is 1. The second-order valence-electron chi connectivity index (χ2n) is 9.83. The van der Waals surface area contributed by atoms with Crippen LogP contribution in [0.25, 0.3) is 0 Å². The largest absolute Gasteiger partial charge is 0.368 e. The highest BCUT2D eigenvalue weighted by Gasteiger charge is 2.30. The zero-order chi connectivity index (χ0) is 26.7. The standard InChI is InChI=1S/C29H33BrN4O3S/c1-2-33-15-17-34(18-16-33)27-14-13-24(31-29(35)22-9-5-10-23(30)19-22)20-28(27)38(36,37)32-26-12-6-8-21-7-3-4-11-25(21)26/h3-5,7,9-11,13-14,19-20,26,32H,2,6,8,12,15-18H2,1H3,(H,31,35)/t26-/m0/s1. The van der Waals surface area contributed by atoms with Gasteiger partial charge in [-0.25, -0.2) is 13.1 Å². The highest BCUT2D eigenvalue weighted by Crippen LogP contribution is 2.34. The van der Waals surface area contributed by atoms with Gasteiger partial charge in [-0.2, -0.15) is 0 Å². The lowest BCUT2D eigenvalue weighted by molar-refractivity contribution is 0.102. The van der Waals surface area contributed by atoms with E-state index in [0.717, 1.165) is 62.0 Å². The van der Waals surface area contributed by atoms with Crippen molar-refractivity contribution in [2.75, 3.05) is 42.9 Å². The maximum absolute atomic E-state index is 14.0. The molecule has 0 unspecified atom stereocenters. The van der Waals surface area contributed by atoms with E-state index in [2.05, 4.69) is 48.8 Å². The summed E-state index contributed by atoms with van der Waals surface area (Å²) in [5.41, 5.74) is 3.82. The molecule has 1 aliphatic heterocycles. The van der Waals surface area contributed by atoms with Crippen molar-refractivity contribution in [3.63, 3.8) is 0 Å². The molecule has 3 aromatic carbocycles. The van der Waals surface area contributed by atoms with Gasteiger partial charge in [0.1, 0.15) is 4.90 Å². The molecular formula is C29H33BrN4O3S. The molecule has 1 saturated heterocycles. The van der Waals surface area contributed by atoms with Crippen molar-refractivity contribution in [1.82, 2.24) is 9.62 Å². The summed E-state index contributed by atoms with van der Waals surface area (Å²) in [5, 5.41) is 2.88. The molecule has 1 atom stereocenters. The number of amides is 1. The number of hydrogen-bond acceptors (Lipinski definition) is 5. The fraction of sp³-hybridized carbons (Fsp3) is 0.345. The number of carbonyl (C=O) groups is 1. The number of aryl methyl sites for hydroxylation is 1. The highest BCUT2D eigenvalue weighted by molar-refractivity contribution is 9.10. The Balaban J connectivity index is 1.47. The van der Waals surface area contributed by atoms with Gasteiger partial charge in [-0.1, -0.05) is 53.2 Å². The normalized spacial score (nSPS) is 18.2. The van der Waals surface area contributed by atoms with Gasteiger partial charge in [0.15, 0.2) is 0 Å². The number of anilines is 2. The number of rotatable bonds is 7. The summed E-state index contributed by atoms with van der Waals surface area (Å²) in [6.45, 7) is 6.35. The lowest BCUT2D eigenvalue weighted by Crippen LogP contribution is -2.46. The second kappa shape index (κ2) is 11.6. The molecule has 0 spiro atoms. The van der Waals surface area contributed by atoms with Crippen LogP contribution in [0.2, 0.25) is 0 Å². The fourth-order valence-corrected chi connectivity index (χ4v) is 7.23. The molecule has 0 radical (unpaired) electrons. The average Bonchev–Trinajstić information content (AvgIpc) is 2.93. The lowest BCUT2D eigenvalue weighted by Gasteiger charge is -2.36. The molecule has 1 heterocycles. The Kier molecular flexibility index (Phi) is 8.18. The third kappa shape index (κ3) is 5.96. The summed E-state index contributed by atoms with van der Waals surface area (Å²) in [5.74, 6) is -0.298. The van der Waals surface area contributed by atoms with E-state index < -0.39 is 10.0 Å². The number of sulfonamides is 1. The van der Waals surface area contributed by atoms with Crippen LogP contribution in [0, 0.1) is 0 Å². The number of nitrogens with one attached hydrogen (secondary N) is 2. The summed E-state index contributed by atoms with van der Waals surface area (Å²) in [6.07, 6.45) is 2.64. The van der Waals surface area contributed by atoms with Crippen LogP contribution in [0.3, 0.4) is 0 Å². The maximum atomic E-state index is 14.0. The predicted octanol–water partition coefficient (Wildman–Crippen LogP) is 5.20. The summed E-state index contributed by atoms with van der Waals surface area (Å²) in [7, 11) is -3.90. The van der Waals surface area contributed by atoms with Crippen molar-refractivity contribution in [3.8, 4) is 0 Å². The maximum Gasteiger partial charge on any atom is 0.255 e. The molecule has 0 bridgehead atoms. The Hall–Kier alpha value is -2.72. The van der Waals surface area contributed by atoms with Crippen molar-refractivity contribution in [2.24, 2.45) is 0 Å². The average molecular weight is 598 g/mol. The van der Waals surface area contributed by atoms with Gasteiger partial charge < -0.3 is 15.1 Å². The summed E-state index contributed by atoms with van der Waals surface area (Å²) in [6, 6.07) is 20.1. The molecule has 5 rings (SSSR count). The third-order valence-corrected chi connectivity index (χ3v) is 9.42. The first-order chi connectivity index (χ1) is 18.3. The van der Waals surface area contributed by atoms with Crippen molar-refractivity contribution in [1.29, 1.82) is 0 Å². The molecule has 38 heavy (non-hydrogen) atoms. The van der Waals surface area contributed by atoms with Gasteiger partial charge in [0, 0.05) is 47.9 Å². The van der Waals surface area contributed by atoms with Crippen molar-refractivity contribution < 1.29 is 13.2 Å². The first-order valence-electron chi connectivity index (χ1n) is 13.1. The van der Waals surface area contributed by atoms with E-state index in [1.54, 1.807) is 30.3 Å². The van der Waals surface area contributed by atoms with Crippen LogP contribution in [0.5, 0.6) is 0 Å². The van der Waals surface area contributed by atoms with Crippen molar-refractivity contribution in [2.45, 2.75) is 37.1 Å². The van der Waals surface area contributed by atoms with E-state index in [-0.39, 0.29) is 16.8 Å². The monoisotopic (exact) mass is 596 g/mol. The van der Waals surface area contributed by atoms with Gasteiger partial charge in [-0.15, -0.1) is 0 Å². The highest BCUT2D eigenvalue weighted by atomic mass is 79.9. The minimum Gasteiger partial charge on any atom is -0.368 e. The fourth-order valence-electron chi connectivity index (χ4n) is 5.33. The SMILES string of the molecule is CCN1CCN(c2ccc(NC(=O)c3cccc(Br)c3)cc2S(=O)(=O)N[C@H]2CCCc3ccccc32)CC1. The zero-order valence-electron chi connectivity index (χ0n) is 21.5. The minimum absolute atomic E-state index is 0.192. The Morgan fingerprint density at radius 3 is 2.55 bits per heavy atom. The second-order valence-corrected chi connectivity index (χ2v) is 12.4. The van der Waals surface area contributed by atoms with Gasteiger partial charge in [0.25, 0.3) is 5.91 Å². The first kappa shape index (κ1) is 26.9. The molecule has 2 aliphatic rings. The van der Waals surface area contributed by atoms with Crippen LogP contribution in [0.1, 0.15) is 47.3 Å². The van der Waals surface area contributed by atoms with Crippen LogP contribution >= 0.6 is 15.9 Å². The van der Waals surface area contributed by atoms with Crippen LogP contribution in [-0.4, -0.2) is 51.9 Å². The Bertz CT molecular complexity index is 1420. The Morgan fingerprint density at radius 2 is 1.79 bits per heavy atom. The van der Waals surface area contributed by atoms with Gasteiger partial charge in [0.05, 0.1) is 5.69 Å². The number of likely N-dealkylation sites (N-methyl/N-ethyl adjacent to an activating group) is 1. The molecule has 9 heteroatoms. The molecule has 1 amide bonds. The smallest absolute Gasteiger partial charge is 0.255 e. The summed E-state index contributed by atoms with van der Waals surface area (Å²) >= 11 is 3.40. The number of nitrogens with zero attached hydrogens (tertiary/aromatic N) is 2. The number of carbonyl (C=O) groups excluding carboxylic acids is 1. The van der Waals surface area contributed by atoms with Gasteiger partial charge >= 0.3 is 0 Å². The van der Waals surface area contributed by atoms with E-state index in [4.69, 9.17) is 0 Å². The number of piperazine rings is 1. The Labute approximate surface area is 233 Å². The number of benzene rings is 3. The number of fused-ring (bicyclic) bond motifs is 1. The van der Waals surface area contributed by atoms with E-state index in [0.29, 0.717) is 16.9 Å². The number of hydrogen-bond donors (Lipinski definition) is 2. The molecule has 1 aliphatic carbocycles. The third-order valence-electron chi connectivity index (χ3n) is 7.42. The van der Waals surface area contributed by atoms with Gasteiger partial charge in [-0.3, -0.25) is 4.79 Å². The lowest BCUT2D eigenvalue weighted by atomic mass is 9.88. The van der Waals surface area contributed by atoms with Gasteiger partial charge in [-0.05, 0) is 73.3 Å². The molecule has 3 aromatic rings. The molecule has 0 saturated carbocycles. The van der Waals surface area contributed by atoms with Crippen LogP contribution in [0.15, 0.2) is 76.1 Å². The van der Waals surface area contributed by atoms with Crippen molar-refractivity contribution >= 4 is 43.2 Å². The van der Waals surface area contributed by atoms with Crippen molar-refractivity contribution in [3.05, 3.63) is 87.9 Å². The first-order valence-corrected chi connectivity index (χ1v) is 15.4. The molecule has 7 nitrogen and oxygen atoms in total. The van der Waals surface area contributed by atoms with Crippen LogP contribution < -0.4 is 14.9 Å². The molecular weight excluding hydrogens is 564 g/mol. The van der Waals surface area contributed by atoms with Crippen LogP contribution in [0.4, 0.5) is 11.4 Å². The Morgan fingerprint density at radius 1 is 1.00 bits per heavy atom. The quantitative estimate of drug-likeness (QED) is 0.392. The molecule has 2 N–H and O–H groups in total.